The van der Waals surface area contributed by atoms with Crippen molar-refractivity contribution in [3.63, 3.8) is 0 Å². The number of hydrogen-bond donors (Lipinski definition) is 2. The monoisotopic (exact) mass is 452 g/mol. The van der Waals surface area contributed by atoms with Crippen LogP contribution in [0.15, 0.2) is 89.3 Å². The molecule has 0 aliphatic carbocycles. The van der Waals surface area contributed by atoms with Gasteiger partial charge in [-0.1, -0.05) is 48.4 Å². The van der Waals surface area contributed by atoms with Crippen LogP contribution in [0.1, 0.15) is 15.9 Å². The maximum Gasteiger partial charge on any atom is 0.271 e. The van der Waals surface area contributed by atoms with Crippen LogP contribution in [0.4, 0.5) is 10.8 Å². The van der Waals surface area contributed by atoms with Crippen LogP contribution in [0.25, 0.3) is 11.3 Å². The first-order chi connectivity index (χ1) is 16.2. The Morgan fingerprint density at radius 3 is 2.70 bits per heavy atom. The van der Waals surface area contributed by atoms with Crippen LogP contribution in [-0.2, 0) is 0 Å². The lowest BCUT2D eigenvalue weighted by Crippen LogP contribution is -2.17. The highest BCUT2D eigenvalue weighted by atomic mass is 32.1. The average Bonchev–Trinajstić information content (AvgIpc) is 3.32. The summed E-state index contributed by atoms with van der Waals surface area (Å²) in [7, 11) is 0. The molecule has 33 heavy (non-hydrogen) atoms. The van der Waals surface area contributed by atoms with Gasteiger partial charge in [0.05, 0.1) is 11.9 Å². The third-order valence-electron chi connectivity index (χ3n) is 4.53. The number of hydrogen-bond acceptors (Lipinski definition) is 6. The summed E-state index contributed by atoms with van der Waals surface area (Å²) < 4.78 is 5.38. The van der Waals surface area contributed by atoms with Crippen LogP contribution >= 0.6 is 11.3 Å². The summed E-state index contributed by atoms with van der Waals surface area (Å²) in [6.07, 6.45) is 6.75. The zero-order chi connectivity index (χ0) is 22.9. The highest BCUT2D eigenvalue weighted by molar-refractivity contribution is 7.14. The highest BCUT2D eigenvalue weighted by Crippen LogP contribution is 2.27. The SMILES string of the molecule is C#CCOc1cccc(/C=N\NC(=O)c2ccc(-c3csc(Nc4ccccc4)n3)cc2)c1. The van der Waals surface area contributed by atoms with E-state index < -0.39 is 0 Å². The van der Waals surface area contributed by atoms with Crippen LogP contribution in [-0.4, -0.2) is 23.7 Å². The molecule has 4 rings (SSSR count). The minimum atomic E-state index is -0.303. The Labute approximate surface area is 196 Å². The van der Waals surface area contributed by atoms with Crippen LogP contribution < -0.4 is 15.5 Å². The zero-order valence-electron chi connectivity index (χ0n) is 17.6. The number of benzene rings is 3. The summed E-state index contributed by atoms with van der Waals surface area (Å²) in [6, 6.07) is 24.4. The number of nitrogens with zero attached hydrogens (tertiary/aromatic N) is 2. The molecule has 0 saturated carbocycles. The van der Waals surface area contributed by atoms with E-state index in [1.807, 2.05) is 60.0 Å². The van der Waals surface area contributed by atoms with E-state index in [4.69, 9.17) is 11.2 Å². The molecule has 3 aromatic carbocycles. The number of anilines is 2. The summed E-state index contributed by atoms with van der Waals surface area (Å²) in [6.45, 7) is 0.194. The Morgan fingerprint density at radius 1 is 1.09 bits per heavy atom. The largest absolute Gasteiger partial charge is 0.481 e. The summed E-state index contributed by atoms with van der Waals surface area (Å²) in [5, 5.41) is 10.1. The quantitative estimate of drug-likeness (QED) is 0.215. The minimum absolute atomic E-state index is 0.194. The van der Waals surface area contributed by atoms with Crippen molar-refractivity contribution < 1.29 is 9.53 Å². The number of para-hydroxylation sites is 1. The van der Waals surface area contributed by atoms with Crippen LogP contribution in [0, 0.1) is 12.3 Å². The van der Waals surface area contributed by atoms with Gasteiger partial charge in [-0.3, -0.25) is 4.79 Å². The molecule has 0 aliphatic rings. The fourth-order valence-electron chi connectivity index (χ4n) is 2.94. The first kappa shape index (κ1) is 21.8. The molecule has 0 radical (unpaired) electrons. The zero-order valence-corrected chi connectivity index (χ0v) is 18.4. The van der Waals surface area contributed by atoms with E-state index in [2.05, 4.69) is 26.7 Å². The van der Waals surface area contributed by atoms with E-state index >= 15 is 0 Å². The van der Waals surface area contributed by atoms with Crippen LogP contribution in [0.2, 0.25) is 0 Å². The molecule has 0 fully saturated rings. The molecule has 0 spiro atoms. The molecule has 1 heterocycles. The van der Waals surface area contributed by atoms with Crippen molar-refractivity contribution in [1.82, 2.24) is 10.4 Å². The fraction of sp³-hybridized carbons (Fsp3) is 0.0385. The second kappa shape index (κ2) is 10.8. The first-order valence-electron chi connectivity index (χ1n) is 10.1. The van der Waals surface area contributed by atoms with Crippen molar-refractivity contribution in [3.8, 4) is 29.4 Å². The summed E-state index contributed by atoms with van der Waals surface area (Å²) in [5.74, 6) is 2.76. The van der Waals surface area contributed by atoms with E-state index in [9.17, 15) is 4.79 Å². The Kier molecular flexibility index (Phi) is 7.11. The van der Waals surface area contributed by atoms with Crippen molar-refractivity contribution in [3.05, 3.63) is 95.4 Å². The number of terminal acetylenes is 1. The standard InChI is InChI=1S/C26H20N4O2S/c1-2-15-32-23-10-6-7-19(16-23)17-27-30-25(31)21-13-11-20(12-14-21)24-18-33-26(29-24)28-22-8-4-3-5-9-22/h1,3-14,16-18H,15H2,(H,28,29)(H,30,31)/b27-17-. The summed E-state index contributed by atoms with van der Waals surface area (Å²) in [4.78, 5) is 17.0. The summed E-state index contributed by atoms with van der Waals surface area (Å²) in [5.41, 5.74) is 6.57. The van der Waals surface area contributed by atoms with Gasteiger partial charge in [-0.05, 0) is 42.0 Å². The molecule has 2 N–H and O–H groups in total. The number of amides is 1. The van der Waals surface area contributed by atoms with Crippen LogP contribution in [0.3, 0.4) is 0 Å². The maximum absolute atomic E-state index is 12.4. The van der Waals surface area contributed by atoms with Crippen molar-refractivity contribution in [2.24, 2.45) is 5.10 Å². The smallest absolute Gasteiger partial charge is 0.271 e. The van der Waals surface area contributed by atoms with Gasteiger partial charge in [-0.2, -0.15) is 5.10 Å². The number of ether oxygens (including phenoxy) is 1. The number of hydrazone groups is 1. The third-order valence-corrected chi connectivity index (χ3v) is 5.29. The molecule has 0 unspecified atom stereocenters. The minimum Gasteiger partial charge on any atom is -0.481 e. The maximum atomic E-state index is 12.4. The van der Waals surface area contributed by atoms with Crippen LogP contribution in [0.5, 0.6) is 5.75 Å². The highest BCUT2D eigenvalue weighted by Gasteiger charge is 2.08. The molecule has 6 nitrogen and oxygen atoms in total. The van der Waals surface area contributed by atoms with Crippen molar-refractivity contribution in [2.45, 2.75) is 0 Å². The molecule has 1 amide bonds. The lowest BCUT2D eigenvalue weighted by Gasteiger charge is -2.03. The first-order valence-corrected chi connectivity index (χ1v) is 11.0. The normalized spacial score (nSPS) is 10.5. The van der Waals surface area contributed by atoms with Crippen molar-refractivity contribution in [2.75, 3.05) is 11.9 Å². The van der Waals surface area contributed by atoms with Gasteiger partial charge < -0.3 is 10.1 Å². The van der Waals surface area contributed by atoms with Gasteiger partial charge in [0.25, 0.3) is 5.91 Å². The topological polar surface area (TPSA) is 75.6 Å². The van der Waals surface area contributed by atoms with E-state index in [1.165, 1.54) is 11.3 Å². The van der Waals surface area contributed by atoms with Gasteiger partial charge in [0.15, 0.2) is 5.13 Å². The number of thiazole rings is 1. The average molecular weight is 453 g/mol. The molecule has 4 aromatic rings. The van der Waals surface area contributed by atoms with E-state index in [0.717, 1.165) is 27.6 Å². The molecule has 0 atom stereocenters. The Balaban J connectivity index is 1.35. The molecular formula is C26H20N4O2S. The summed E-state index contributed by atoms with van der Waals surface area (Å²) >= 11 is 1.52. The van der Waals surface area contributed by atoms with Gasteiger partial charge >= 0.3 is 0 Å². The van der Waals surface area contributed by atoms with E-state index in [-0.39, 0.29) is 12.5 Å². The fourth-order valence-corrected chi connectivity index (χ4v) is 3.68. The molecule has 1 aromatic heterocycles. The second-order valence-corrected chi connectivity index (χ2v) is 7.73. The van der Waals surface area contributed by atoms with Gasteiger partial charge in [-0.25, -0.2) is 10.4 Å². The Bertz CT molecular complexity index is 1290. The number of carbonyl (C=O) groups is 1. The van der Waals surface area contributed by atoms with Gasteiger partial charge in [0.2, 0.25) is 0 Å². The van der Waals surface area contributed by atoms with Gasteiger partial charge in [0, 0.05) is 22.2 Å². The lowest BCUT2D eigenvalue weighted by atomic mass is 10.1. The Morgan fingerprint density at radius 2 is 1.91 bits per heavy atom. The number of nitrogens with one attached hydrogen (secondary N) is 2. The number of carbonyl (C=O) groups excluding carboxylic acids is 1. The Hall–Kier alpha value is -4.41. The number of rotatable bonds is 8. The van der Waals surface area contributed by atoms with E-state index in [0.29, 0.717) is 11.3 Å². The molecular weight excluding hydrogens is 432 g/mol. The molecule has 0 aliphatic heterocycles. The van der Waals surface area contributed by atoms with Gasteiger partial charge in [-0.15, -0.1) is 17.8 Å². The molecule has 0 saturated heterocycles. The number of aromatic nitrogens is 1. The third kappa shape index (κ3) is 6.06. The van der Waals surface area contributed by atoms with Crippen molar-refractivity contribution >= 4 is 34.3 Å². The molecule has 7 heteroatoms. The van der Waals surface area contributed by atoms with Crippen molar-refractivity contribution in [1.29, 1.82) is 0 Å². The second-order valence-electron chi connectivity index (χ2n) is 6.87. The lowest BCUT2D eigenvalue weighted by molar-refractivity contribution is 0.0955. The molecule has 0 bridgehead atoms. The predicted octanol–water partition coefficient (Wildman–Crippen LogP) is 5.33. The molecule has 162 valence electrons. The predicted molar refractivity (Wildman–Crippen MR) is 133 cm³/mol. The van der Waals surface area contributed by atoms with Gasteiger partial charge in [0.1, 0.15) is 12.4 Å². The van der Waals surface area contributed by atoms with E-state index in [1.54, 1.807) is 30.5 Å².